The molecule has 4 aromatic rings. The normalized spacial score (nSPS) is 11.2. The van der Waals surface area contributed by atoms with Gasteiger partial charge in [0.05, 0.1) is 11.0 Å². The average Bonchev–Trinajstić information content (AvgIpc) is 3.12. The summed E-state index contributed by atoms with van der Waals surface area (Å²) >= 11 is 3.39. The molecule has 0 aliphatic carbocycles. The van der Waals surface area contributed by atoms with E-state index in [1.54, 1.807) is 0 Å². The second kappa shape index (κ2) is 9.55. The summed E-state index contributed by atoms with van der Waals surface area (Å²) in [5, 5.41) is 2.99. The van der Waals surface area contributed by atoms with E-state index in [0.717, 1.165) is 27.9 Å². The number of rotatable bonds is 7. The number of carbonyl (C=O) groups is 1. The number of halogens is 1. The molecule has 5 heteroatoms. The summed E-state index contributed by atoms with van der Waals surface area (Å²) in [6.45, 7) is 1.26. The van der Waals surface area contributed by atoms with Gasteiger partial charge >= 0.3 is 0 Å². The van der Waals surface area contributed by atoms with Gasteiger partial charge in [-0.2, -0.15) is 0 Å². The molecule has 0 saturated heterocycles. The van der Waals surface area contributed by atoms with Gasteiger partial charge in [0.15, 0.2) is 0 Å². The number of hydrogen-bond donors (Lipinski definition) is 1. The number of fused-ring (bicyclic) bond motifs is 1. The minimum absolute atomic E-state index is 0.0749. The van der Waals surface area contributed by atoms with Crippen molar-refractivity contribution in [2.75, 3.05) is 6.54 Å². The van der Waals surface area contributed by atoms with Crippen molar-refractivity contribution in [3.63, 3.8) is 0 Å². The van der Waals surface area contributed by atoms with Gasteiger partial charge in [0.1, 0.15) is 5.82 Å². The highest BCUT2D eigenvalue weighted by atomic mass is 79.9. The van der Waals surface area contributed by atoms with Crippen LogP contribution in [0.25, 0.3) is 17.1 Å². The Labute approximate surface area is 184 Å². The lowest BCUT2D eigenvalue weighted by Gasteiger charge is -2.08. The minimum Gasteiger partial charge on any atom is -0.352 e. The smallest absolute Gasteiger partial charge is 0.251 e. The van der Waals surface area contributed by atoms with E-state index in [9.17, 15) is 4.79 Å². The molecule has 0 aliphatic heterocycles. The van der Waals surface area contributed by atoms with Crippen LogP contribution in [0.1, 0.15) is 21.7 Å². The number of amides is 1. The summed E-state index contributed by atoms with van der Waals surface area (Å²) < 4.78 is 3.16. The van der Waals surface area contributed by atoms with E-state index >= 15 is 0 Å². The topological polar surface area (TPSA) is 46.9 Å². The van der Waals surface area contributed by atoms with Crippen molar-refractivity contribution in [3.05, 3.63) is 106 Å². The molecule has 1 heterocycles. The number of para-hydroxylation sites is 2. The molecule has 30 heavy (non-hydrogen) atoms. The second-order valence-corrected chi connectivity index (χ2v) is 7.87. The Morgan fingerprint density at radius 2 is 1.70 bits per heavy atom. The van der Waals surface area contributed by atoms with Crippen LogP contribution in [0.3, 0.4) is 0 Å². The minimum atomic E-state index is -0.0749. The van der Waals surface area contributed by atoms with Crippen molar-refractivity contribution in [2.24, 2.45) is 0 Å². The molecule has 0 fully saturated rings. The Morgan fingerprint density at radius 1 is 0.967 bits per heavy atom. The Kier molecular flexibility index (Phi) is 6.40. The number of allylic oxidation sites excluding steroid dienone is 1. The SMILES string of the molecule is O=C(NCCc1nc2ccccc2n1C/C=C/c1ccccc1)c1ccc(Br)cc1. The number of nitrogens with zero attached hydrogens (tertiary/aromatic N) is 2. The third kappa shape index (κ3) is 4.86. The van der Waals surface area contributed by atoms with Gasteiger partial charge in [-0.05, 0) is 42.0 Å². The highest BCUT2D eigenvalue weighted by molar-refractivity contribution is 9.10. The maximum absolute atomic E-state index is 12.4. The summed E-state index contributed by atoms with van der Waals surface area (Å²) in [5.41, 5.74) is 3.90. The van der Waals surface area contributed by atoms with Crippen LogP contribution in [0.4, 0.5) is 0 Å². The first-order valence-electron chi connectivity index (χ1n) is 9.90. The van der Waals surface area contributed by atoms with Gasteiger partial charge in [-0.15, -0.1) is 0 Å². The zero-order chi connectivity index (χ0) is 20.8. The summed E-state index contributed by atoms with van der Waals surface area (Å²) in [5.74, 6) is 0.888. The number of benzene rings is 3. The van der Waals surface area contributed by atoms with Crippen LogP contribution in [-0.4, -0.2) is 22.0 Å². The van der Waals surface area contributed by atoms with Gasteiger partial charge in [-0.25, -0.2) is 4.98 Å². The summed E-state index contributed by atoms with van der Waals surface area (Å²) in [4.78, 5) is 17.2. The fourth-order valence-electron chi connectivity index (χ4n) is 3.37. The van der Waals surface area contributed by atoms with Crippen LogP contribution < -0.4 is 5.32 Å². The largest absolute Gasteiger partial charge is 0.352 e. The van der Waals surface area contributed by atoms with E-state index in [2.05, 4.69) is 56.2 Å². The Balaban J connectivity index is 1.46. The van der Waals surface area contributed by atoms with Crippen LogP contribution in [0.2, 0.25) is 0 Å². The van der Waals surface area contributed by atoms with Crippen LogP contribution in [0, 0.1) is 0 Å². The molecular formula is C25H22BrN3O. The summed E-state index contributed by atoms with van der Waals surface area (Å²) in [7, 11) is 0. The first kappa shape index (κ1) is 20.1. The molecule has 0 bridgehead atoms. The number of aromatic nitrogens is 2. The van der Waals surface area contributed by atoms with Crippen LogP contribution in [0.15, 0.2) is 89.4 Å². The molecule has 1 amide bonds. The van der Waals surface area contributed by atoms with Gasteiger partial charge < -0.3 is 9.88 Å². The first-order valence-corrected chi connectivity index (χ1v) is 10.7. The fraction of sp³-hybridized carbons (Fsp3) is 0.120. The third-order valence-electron chi connectivity index (χ3n) is 4.87. The molecule has 4 rings (SSSR count). The van der Waals surface area contributed by atoms with Gasteiger partial charge in [-0.1, -0.05) is 70.5 Å². The molecule has 0 saturated carbocycles. The number of nitrogens with one attached hydrogen (secondary N) is 1. The molecule has 0 radical (unpaired) electrons. The Hall–Kier alpha value is -3.18. The van der Waals surface area contributed by atoms with E-state index in [1.165, 1.54) is 5.56 Å². The third-order valence-corrected chi connectivity index (χ3v) is 5.40. The Morgan fingerprint density at radius 3 is 2.50 bits per heavy atom. The Bertz CT molecular complexity index is 1160. The van der Waals surface area contributed by atoms with E-state index in [0.29, 0.717) is 18.5 Å². The zero-order valence-electron chi connectivity index (χ0n) is 16.5. The lowest BCUT2D eigenvalue weighted by molar-refractivity contribution is 0.0954. The molecule has 0 atom stereocenters. The van der Waals surface area contributed by atoms with E-state index in [-0.39, 0.29) is 5.91 Å². The van der Waals surface area contributed by atoms with E-state index in [1.807, 2.05) is 60.7 Å². The fourth-order valence-corrected chi connectivity index (χ4v) is 3.63. The molecule has 0 spiro atoms. The number of hydrogen-bond acceptors (Lipinski definition) is 2. The predicted molar refractivity (Wildman–Crippen MR) is 125 cm³/mol. The maximum atomic E-state index is 12.4. The van der Waals surface area contributed by atoms with Gasteiger partial charge in [0.2, 0.25) is 0 Å². The van der Waals surface area contributed by atoms with Crippen molar-refractivity contribution in [2.45, 2.75) is 13.0 Å². The van der Waals surface area contributed by atoms with Crippen molar-refractivity contribution >= 4 is 38.9 Å². The van der Waals surface area contributed by atoms with Crippen molar-refractivity contribution < 1.29 is 4.79 Å². The monoisotopic (exact) mass is 459 g/mol. The molecule has 4 nitrogen and oxygen atoms in total. The predicted octanol–water partition coefficient (Wildman–Crippen LogP) is 5.48. The maximum Gasteiger partial charge on any atom is 0.251 e. The number of imidazole rings is 1. The highest BCUT2D eigenvalue weighted by Crippen LogP contribution is 2.17. The average molecular weight is 460 g/mol. The quantitative estimate of drug-likeness (QED) is 0.397. The van der Waals surface area contributed by atoms with Gasteiger partial charge in [0, 0.05) is 29.5 Å². The molecule has 0 aliphatic rings. The summed E-state index contributed by atoms with van der Waals surface area (Å²) in [6, 6.07) is 25.7. The number of carbonyl (C=O) groups excluding carboxylic acids is 1. The molecule has 150 valence electrons. The lowest BCUT2D eigenvalue weighted by atomic mass is 10.2. The molecule has 1 N–H and O–H groups in total. The summed E-state index contributed by atoms with van der Waals surface area (Å²) in [6.07, 6.45) is 4.93. The van der Waals surface area contributed by atoms with Crippen LogP contribution in [0.5, 0.6) is 0 Å². The molecule has 0 unspecified atom stereocenters. The molecule has 3 aromatic carbocycles. The van der Waals surface area contributed by atoms with E-state index < -0.39 is 0 Å². The standard InChI is InChI=1S/C25H22BrN3O/c26-21-14-12-20(13-15-21)25(30)27-17-16-24-28-22-10-4-5-11-23(22)29(24)18-6-9-19-7-2-1-3-8-19/h1-15H,16-18H2,(H,27,30)/b9-6+. The zero-order valence-corrected chi connectivity index (χ0v) is 18.0. The van der Waals surface area contributed by atoms with Crippen molar-refractivity contribution in [3.8, 4) is 0 Å². The van der Waals surface area contributed by atoms with Gasteiger partial charge in [-0.3, -0.25) is 4.79 Å². The van der Waals surface area contributed by atoms with Crippen molar-refractivity contribution in [1.82, 2.24) is 14.9 Å². The lowest BCUT2D eigenvalue weighted by Crippen LogP contribution is -2.26. The van der Waals surface area contributed by atoms with E-state index in [4.69, 9.17) is 4.98 Å². The molecule has 1 aromatic heterocycles. The highest BCUT2D eigenvalue weighted by Gasteiger charge is 2.10. The van der Waals surface area contributed by atoms with Crippen LogP contribution in [-0.2, 0) is 13.0 Å². The van der Waals surface area contributed by atoms with Crippen molar-refractivity contribution in [1.29, 1.82) is 0 Å². The van der Waals surface area contributed by atoms with Gasteiger partial charge in [0.25, 0.3) is 5.91 Å². The van der Waals surface area contributed by atoms with Crippen LogP contribution >= 0.6 is 15.9 Å². The first-order chi connectivity index (χ1) is 14.7. The second-order valence-electron chi connectivity index (χ2n) is 6.95. The molecular weight excluding hydrogens is 438 g/mol.